The highest BCUT2D eigenvalue weighted by Gasteiger charge is 2.30. The lowest BCUT2D eigenvalue weighted by atomic mass is 10.0. The van der Waals surface area contributed by atoms with Gasteiger partial charge in [0.05, 0.1) is 34.4 Å². The summed E-state index contributed by atoms with van der Waals surface area (Å²) in [6.45, 7) is 2.43. The van der Waals surface area contributed by atoms with Crippen LogP contribution in [0, 0.1) is 0 Å². The van der Waals surface area contributed by atoms with E-state index in [1.807, 2.05) is 21.1 Å². The van der Waals surface area contributed by atoms with E-state index in [0.29, 0.717) is 17.3 Å². The number of esters is 1. The molecule has 0 fully saturated rings. The summed E-state index contributed by atoms with van der Waals surface area (Å²) in [6.07, 6.45) is 19.1. The Morgan fingerprint density at radius 2 is 1.20 bits per heavy atom. The predicted molar refractivity (Wildman–Crippen MR) is 141 cm³/mol. The number of hydrogen-bond acceptors (Lipinski definition) is 5. The van der Waals surface area contributed by atoms with Crippen LogP contribution in [0.15, 0.2) is 0 Å². The lowest BCUT2D eigenvalue weighted by Crippen LogP contribution is -2.50. The molecule has 208 valence electrons. The number of aliphatic hydroxyl groups is 1. The summed E-state index contributed by atoms with van der Waals surface area (Å²) in [4.78, 5) is 23.2. The molecule has 7 nitrogen and oxygen atoms in total. The topological polar surface area (TPSA) is 93.1 Å². The van der Waals surface area contributed by atoms with E-state index in [9.17, 15) is 19.8 Å². The van der Waals surface area contributed by atoms with E-state index < -0.39 is 18.1 Å². The lowest BCUT2D eigenvalue weighted by molar-refractivity contribution is -0.887. The van der Waals surface area contributed by atoms with Crippen molar-refractivity contribution in [2.24, 2.45) is 0 Å². The number of aliphatic carboxylic acids is 1. The van der Waals surface area contributed by atoms with E-state index in [1.165, 1.54) is 77.0 Å². The number of carbonyl (C=O) groups is 2. The first-order valence-electron chi connectivity index (χ1n) is 14.1. The third kappa shape index (κ3) is 21.8. The summed E-state index contributed by atoms with van der Waals surface area (Å²) in [5, 5.41) is 19.2. The molecule has 2 N–H and O–H groups in total. The van der Waals surface area contributed by atoms with Gasteiger partial charge < -0.3 is 24.2 Å². The zero-order valence-electron chi connectivity index (χ0n) is 23.3. The fraction of sp³-hybridized carbons (Fsp3) is 0.929. The summed E-state index contributed by atoms with van der Waals surface area (Å²) in [7, 11) is 5.48. The zero-order chi connectivity index (χ0) is 26.4. The number of carbonyl (C=O) groups excluding carboxylic acids is 1. The number of nitrogens with zero attached hydrogens (tertiary/aromatic N) is 1. The molecule has 0 aliphatic carbocycles. The molecule has 7 heteroatoms. The molecule has 0 radical (unpaired) electrons. The minimum atomic E-state index is -0.896. The molecule has 0 aromatic rings. The molecule has 0 aliphatic heterocycles. The van der Waals surface area contributed by atoms with Gasteiger partial charge >= 0.3 is 11.9 Å². The Bertz CT molecular complexity index is 520. The number of rotatable bonds is 25. The van der Waals surface area contributed by atoms with Gasteiger partial charge in [0.15, 0.2) is 6.04 Å². The van der Waals surface area contributed by atoms with E-state index in [1.54, 1.807) is 0 Å². The average molecular weight is 503 g/mol. The number of likely N-dealkylation sites (N-methyl/N-ethyl adjacent to an activating group) is 1. The Morgan fingerprint density at radius 1 is 0.743 bits per heavy atom. The van der Waals surface area contributed by atoms with Crippen molar-refractivity contribution in [3.05, 3.63) is 0 Å². The van der Waals surface area contributed by atoms with Gasteiger partial charge in [0.2, 0.25) is 0 Å². The zero-order valence-corrected chi connectivity index (χ0v) is 23.3. The maximum absolute atomic E-state index is 11.8. The van der Waals surface area contributed by atoms with Gasteiger partial charge in [-0.25, -0.2) is 4.79 Å². The second kappa shape index (κ2) is 22.1. The number of unbranched alkanes of at least 4 members (excludes halogenated alkanes) is 14. The molecule has 0 bridgehead atoms. The minimum Gasteiger partial charge on any atom is -0.477 e. The van der Waals surface area contributed by atoms with Crippen molar-refractivity contribution in [1.29, 1.82) is 0 Å². The summed E-state index contributed by atoms with van der Waals surface area (Å²) in [6, 6.07) is -0.570. The number of carboxylic acids is 1. The third-order valence-electron chi connectivity index (χ3n) is 6.49. The standard InChI is InChI=1S/C28H55NO6/c1-5-6-7-8-9-10-11-12-13-14-15-16-17-18-19-20-27(31)35-24-25(30)23-34-22-21-26(28(32)33)29(2,3)4/h25-26,30H,5-24H2,1-4H3/p+1. The van der Waals surface area contributed by atoms with Crippen LogP contribution in [-0.4, -0.2) is 79.7 Å². The van der Waals surface area contributed by atoms with Crippen molar-refractivity contribution in [3.63, 3.8) is 0 Å². The van der Waals surface area contributed by atoms with Crippen LogP contribution in [0.2, 0.25) is 0 Å². The third-order valence-corrected chi connectivity index (χ3v) is 6.49. The molecule has 0 spiro atoms. The van der Waals surface area contributed by atoms with E-state index in [4.69, 9.17) is 9.47 Å². The highest BCUT2D eigenvalue weighted by molar-refractivity contribution is 5.72. The van der Waals surface area contributed by atoms with Crippen molar-refractivity contribution in [1.82, 2.24) is 0 Å². The minimum absolute atomic E-state index is 0.0235. The molecule has 0 saturated carbocycles. The molecule has 0 rings (SSSR count). The van der Waals surface area contributed by atoms with Crippen molar-refractivity contribution >= 4 is 11.9 Å². The maximum Gasteiger partial charge on any atom is 0.362 e. The number of ether oxygens (including phenoxy) is 2. The van der Waals surface area contributed by atoms with Crippen LogP contribution in [0.3, 0.4) is 0 Å². The van der Waals surface area contributed by atoms with Gasteiger partial charge in [-0.3, -0.25) is 4.79 Å². The van der Waals surface area contributed by atoms with Crippen LogP contribution >= 0.6 is 0 Å². The molecular formula is C28H56NO6+. The molecule has 0 aliphatic rings. The van der Waals surface area contributed by atoms with Gasteiger partial charge in [-0.15, -0.1) is 0 Å². The largest absolute Gasteiger partial charge is 0.477 e. The van der Waals surface area contributed by atoms with E-state index in [2.05, 4.69) is 6.92 Å². The predicted octanol–water partition coefficient (Wildman–Crippen LogP) is 5.72. The summed E-state index contributed by atoms with van der Waals surface area (Å²) in [5.74, 6) is -1.15. The quantitative estimate of drug-likeness (QED) is 0.0942. The second-order valence-corrected chi connectivity index (χ2v) is 10.9. The fourth-order valence-corrected chi connectivity index (χ4v) is 4.21. The molecule has 0 aromatic heterocycles. The first-order valence-corrected chi connectivity index (χ1v) is 14.1. The van der Waals surface area contributed by atoms with Crippen LogP contribution in [0.25, 0.3) is 0 Å². The number of hydrogen-bond donors (Lipinski definition) is 2. The van der Waals surface area contributed by atoms with E-state index >= 15 is 0 Å². The first-order chi connectivity index (χ1) is 16.7. The van der Waals surface area contributed by atoms with Crippen LogP contribution in [0.4, 0.5) is 0 Å². The Hall–Kier alpha value is -1.18. The second-order valence-electron chi connectivity index (χ2n) is 10.9. The summed E-state index contributed by atoms with van der Waals surface area (Å²) < 4.78 is 10.8. The molecule has 0 amide bonds. The molecule has 2 unspecified atom stereocenters. The molecule has 0 aromatic carbocycles. The van der Waals surface area contributed by atoms with Gasteiger partial charge in [0, 0.05) is 12.8 Å². The SMILES string of the molecule is CCCCCCCCCCCCCCCCCC(=O)OCC(O)COCCC(C(=O)O)[N+](C)(C)C. The van der Waals surface area contributed by atoms with Crippen LogP contribution in [-0.2, 0) is 19.1 Å². The molecule has 2 atom stereocenters. The molecule has 35 heavy (non-hydrogen) atoms. The number of quaternary nitrogens is 1. The summed E-state index contributed by atoms with van der Waals surface area (Å²) >= 11 is 0. The Kier molecular flexibility index (Phi) is 21.3. The monoisotopic (exact) mass is 502 g/mol. The van der Waals surface area contributed by atoms with Gasteiger partial charge in [-0.1, -0.05) is 96.8 Å². The van der Waals surface area contributed by atoms with Crippen LogP contribution in [0.5, 0.6) is 0 Å². The Balaban J connectivity index is 3.50. The molecular weight excluding hydrogens is 446 g/mol. The van der Waals surface area contributed by atoms with Gasteiger partial charge in [0.1, 0.15) is 12.7 Å². The normalized spacial score (nSPS) is 13.5. The maximum atomic E-state index is 11.8. The average Bonchev–Trinajstić information content (AvgIpc) is 2.79. The van der Waals surface area contributed by atoms with Crippen LogP contribution < -0.4 is 0 Å². The van der Waals surface area contributed by atoms with Gasteiger partial charge in [-0.2, -0.15) is 0 Å². The van der Waals surface area contributed by atoms with Crippen LogP contribution in [0.1, 0.15) is 116 Å². The van der Waals surface area contributed by atoms with Crippen molar-refractivity contribution in [2.75, 3.05) is 41.0 Å². The van der Waals surface area contributed by atoms with Crippen molar-refractivity contribution < 1.29 is 33.8 Å². The highest BCUT2D eigenvalue weighted by Crippen LogP contribution is 2.14. The fourth-order valence-electron chi connectivity index (χ4n) is 4.21. The smallest absolute Gasteiger partial charge is 0.362 e. The van der Waals surface area contributed by atoms with Crippen molar-refractivity contribution in [3.8, 4) is 0 Å². The Morgan fingerprint density at radius 3 is 1.63 bits per heavy atom. The highest BCUT2D eigenvalue weighted by atomic mass is 16.5. The van der Waals surface area contributed by atoms with Gasteiger partial charge in [-0.05, 0) is 6.42 Å². The van der Waals surface area contributed by atoms with Crippen molar-refractivity contribution in [2.45, 2.75) is 128 Å². The lowest BCUT2D eigenvalue weighted by Gasteiger charge is -2.31. The Labute approximate surface area is 215 Å². The summed E-state index contributed by atoms with van der Waals surface area (Å²) in [5.41, 5.74) is 0. The number of aliphatic hydroxyl groups excluding tert-OH is 1. The molecule has 0 heterocycles. The van der Waals surface area contributed by atoms with E-state index in [0.717, 1.165) is 19.3 Å². The van der Waals surface area contributed by atoms with E-state index in [-0.39, 0.29) is 25.8 Å². The first kappa shape index (κ1) is 33.8. The van der Waals surface area contributed by atoms with Gasteiger partial charge in [0.25, 0.3) is 0 Å². The number of carboxylic acid groups (broad SMARTS) is 1. The molecule has 0 saturated heterocycles.